The zero-order valence-electron chi connectivity index (χ0n) is 24.4. The van der Waals surface area contributed by atoms with Crippen molar-refractivity contribution in [1.29, 1.82) is 0 Å². The van der Waals surface area contributed by atoms with Crippen LogP contribution in [0.1, 0.15) is 83.5 Å². The number of carbonyl (C=O) groups is 2. The monoisotopic (exact) mass is 565 g/mol. The molecule has 2 aliphatic carbocycles. The lowest BCUT2D eigenvalue weighted by Crippen LogP contribution is -2.50. The van der Waals surface area contributed by atoms with Crippen LogP contribution in [0.2, 0.25) is 0 Å². The van der Waals surface area contributed by atoms with Gasteiger partial charge in [-0.25, -0.2) is 0 Å². The van der Waals surface area contributed by atoms with Crippen molar-refractivity contribution >= 4 is 17.5 Å². The van der Waals surface area contributed by atoms with Crippen LogP contribution < -0.4 is 15.5 Å². The van der Waals surface area contributed by atoms with Gasteiger partial charge in [0.1, 0.15) is 0 Å². The molecule has 220 valence electrons. The van der Waals surface area contributed by atoms with Crippen LogP contribution in [0.3, 0.4) is 0 Å². The van der Waals surface area contributed by atoms with Gasteiger partial charge in [0.15, 0.2) is 0 Å². The summed E-state index contributed by atoms with van der Waals surface area (Å²) in [4.78, 5) is 28.3. The number of hydrogen-bond acceptors (Lipinski definition) is 4. The van der Waals surface area contributed by atoms with Gasteiger partial charge in [0, 0.05) is 36.8 Å². The van der Waals surface area contributed by atoms with Gasteiger partial charge in [-0.2, -0.15) is 0 Å². The van der Waals surface area contributed by atoms with Crippen molar-refractivity contribution < 1.29 is 14.7 Å². The van der Waals surface area contributed by atoms with Crippen molar-refractivity contribution in [2.24, 2.45) is 0 Å². The minimum atomic E-state index is -0.760. The van der Waals surface area contributed by atoms with Crippen LogP contribution in [0.15, 0.2) is 72.8 Å². The Morgan fingerprint density at radius 1 is 0.905 bits per heavy atom. The topological polar surface area (TPSA) is 81.7 Å². The second-order valence-corrected chi connectivity index (χ2v) is 12.4. The summed E-state index contributed by atoms with van der Waals surface area (Å²) in [7, 11) is 0. The Morgan fingerprint density at radius 2 is 1.67 bits per heavy atom. The number of anilines is 1. The van der Waals surface area contributed by atoms with Gasteiger partial charge in [0.25, 0.3) is 5.91 Å². The lowest BCUT2D eigenvalue weighted by molar-refractivity contribution is -0.117. The summed E-state index contributed by atoms with van der Waals surface area (Å²) in [6, 6.07) is 24.5. The van der Waals surface area contributed by atoms with Crippen molar-refractivity contribution in [2.75, 3.05) is 18.0 Å². The molecule has 1 saturated heterocycles. The van der Waals surface area contributed by atoms with E-state index in [0.29, 0.717) is 43.5 Å². The van der Waals surface area contributed by atoms with E-state index < -0.39 is 12.1 Å². The molecule has 1 heterocycles. The molecule has 2 fully saturated rings. The first-order valence-electron chi connectivity index (χ1n) is 15.8. The molecule has 0 aromatic heterocycles. The maximum Gasteiger partial charge on any atom is 0.251 e. The molecule has 3 aromatic rings. The van der Waals surface area contributed by atoms with Gasteiger partial charge in [-0.3, -0.25) is 9.59 Å². The van der Waals surface area contributed by atoms with Gasteiger partial charge in [-0.1, -0.05) is 67.4 Å². The van der Waals surface area contributed by atoms with Crippen LogP contribution >= 0.6 is 0 Å². The first-order chi connectivity index (χ1) is 20.5. The Hall–Kier alpha value is -3.48. The van der Waals surface area contributed by atoms with E-state index in [9.17, 15) is 14.7 Å². The maximum absolute atomic E-state index is 13.9. The number of amides is 2. The van der Waals surface area contributed by atoms with Gasteiger partial charge in [-0.05, 0) is 91.3 Å². The second kappa shape index (κ2) is 13.2. The number of aryl methyl sites for hydroxylation is 1. The van der Waals surface area contributed by atoms with Crippen molar-refractivity contribution in [3.63, 3.8) is 0 Å². The highest BCUT2D eigenvalue weighted by Crippen LogP contribution is 2.37. The molecular formula is C36H43N3O3. The van der Waals surface area contributed by atoms with Gasteiger partial charge < -0.3 is 20.6 Å². The molecule has 42 heavy (non-hydrogen) atoms. The Kier molecular flexibility index (Phi) is 9.01. The summed E-state index contributed by atoms with van der Waals surface area (Å²) in [5.41, 5.74) is 6.40. The van der Waals surface area contributed by atoms with E-state index in [-0.39, 0.29) is 11.8 Å². The van der Waals surface area contributed by atoms with Crippen LogP contribution in [0.4, 0.5) is 5.69 Å². The van der Waals surface area contributed by atoms with E-state index in [2.05, 4.69) is 41.0 Å². The van der Waals surface area contributed by atoms with E-state index >= 15 is 0 Å². The molecule has 1 aliphatic heterocycles. The number of benzene rings is 3. The van der Waals surface area contributed by atoms with Gasteiger partial charge >= 0.3 is 0 Å². The van der Waals surface area contributed by atoms with Crippen LogP contribution in [0, 0.1) is 0 Å². The normalized spacial score (nSPS) is 20.4. The van der Waals surface area contributed by atoms with Gasteiger partial charge in [0.05, 0.1) is 12.1 Å². The van der Waals surface area contributed by atoms with Crippen molar-refractivity contribution in [1.82, 2.24) is 10.6 Å². The SMILES string of the molecule is O=C(N[C@@H](Cc1ccccc1)[C@H](O)CNC1CCc2ccccc2C1)c1cc(C2CCCC2)cc(N2CCCC2=O)c1. The Balaban J connectivity index is 1.19. The fourth-order valence-electron chi connectivity index (χ4n) is 7.04. The fraction of sp³-hybridized carbons (Fsp3) is 0.444. The van der Waals surface area contributed by atoms with Crippen molar-refractivity contribution in [2.45, 2.75) is 88.3 Å². The highest BCUT2D eigenvalue weighted by Gasteiger charge is 2.28. The smallest absolute Gasteiger partial charge is 0.251 e. The molecule has 3 aromatic carbocycles. The predicted octanol–water partition coefficient (Wildman–Crippen LogP) is 5.32. The molecule has 0 radical (unpaired) electrons. The quantitative estimate of drug-likeness (QED) is 0.311. The second-order valence-electron chi connectivity index (χ2n) is 12.4. The number of aliphatic hydroxyl groups excluding tert-OH is 1. The molecule has 6 rings (SSSR count). The number of fused-ring (bicyclic) bond motifs is 1. The van der Waals surface area contributed by atoms with Crippen LogP contribution in [-0.2, 0) is 24.1 Å². The number of nitrogens with zero attached hydrogens (tertiary/aromatic N) is 1. The van der Waals surface area contributed by atoms with Crippen LogP contribution in [0.5, 0.6) is 0 Å². The molecule has 3 atom stereocenters. The van der Waals surface area contributed by atoms with Crippen LogP contribution in [0.25, 0.3) is 0 Å². The molecule has 6 nitrogen and oxygen atoms in total. The largest absolute Gasteiger partial charge is 0.390 e. The molecular weight excluding hydrogens is 522 g/mol. The zero-order valence-corrected chi connectivity index (χ0v) is 24.4. The standard InChI is InChI=1S/C36H43N3O3/c40-34(24-37-31-17-16-27-13-6-7-14-28(27)21-31)33(19-25-9-2-1-3-10-25)38-36(42)30-20-29(26-11-4-5-12-26)22-32(23-30)39-18-8-15-35(39)41/h1-3,6-7,9-10,13-14,20,22-23,26,31,33-34,37,40H,4-5,8,11-12,15-19,21,24H2,(H,38,42)/t31?,33-,34+/m0/s1. The van der Waals surface area contributed by atoms with Crippen molar-refractivity contribution in [3.05, 3.63) is 101 Å². The fourth-order valence-corrected chi connectivity index (χ4v) is 7.04. The number of carbonyl (C=O) groups excluding carboxylic acids is 2. The lowest BCUT2D eigenvalue weighted by atomic mass is 9.88. The van der Waals surface area contributed by atoms with E-state index in [1.165, 1.54) is 24.0 Å². The number of hydrogen-bond donors (Lipinski definition) is 3. The maximum atomic E-state index is 13.9. The molecule has 0 spiro atoms. The van der Waals surface area contributed by atoms with Crippen molar-refractivity contribution in [3.8, 4) is 0 Å². The molecule has 0 bridgehead atoms. The summed E-state index contributed by atoms with van der Waals surface area (Å²) in [5.74, 6) is 0.345. The molecule has 3 N–H and O–H groups in total. The molecule has 1 saturated carbocycles. The third-order valence-electron chi connectivity index (χ3n) is 9.46. The number of rotatable bonds is 10. The molecule has 1 unspecified atom stereocenters. The van der Waals surface area contributed by atoms with E-state index in [0.717, 1.165) is 55.3 Å². The molecule has 2 amide bonds. The Bertz CT molecular complexity index is 1380. The Morgan fingerprint density at radius 3 is 2.43 bits per heavy atom. The highest BCUT2D eigenvalue weighted by molar-refractivity contribution is 5.99. The summed E-state index contributed by atoms with van der Waals surface area (Å²) in [6.07, 6.45) is 8.82. The molecule has 6 heteroatoms. The third kappa shape index (κ3) is 6.77. The molecule has 3 aliphatic rings. The Labute approximate surface area is 249 Å². The average molecular weight is 566 g/mol. The number of nitrogens with one attached hydrogen (secondary N) is 2. The van der Waals surface area contributed by atoms with E-state index in [1.807, 2.05) is 47.4 Å². The van der Waals surface area contributed by atoms with Gasteiger partial charge in [0.2, 0.25) is 5.91 Å². The predicted molar refractivity (Wildman–Crippen MR) is 167 cm³/mol. The summed E-state index contributed by atoms with van der Waals surface area (Å²) in [6.45, 7) is 1.10. The minimum absolute atomic E-state index is 0.124. The third-order valence-corrected chi connectivity index (χ3v) is 9.46. The summed E-state index contributed by atoms with van der Waals surface area (Å²) >= 11 is 0. The zero-order chi connectivity index (χ0) is 28.9. The summed E-state index contributed by atoms with van der Waals surface area (Å²) in [5, 5.41) is 18.2. The van der Waals surface area contributed by atoms with E-state index in [1.54, 1.807) is 0 Å². The van der Waals surface area contributed by atoms with Gasteiger partial charge in [-0.15, -0.1) is 0 Å². The first kappa shape index (κ1) is 28.6. The highest BCUT2D eigenvalue weighted by atomic mass is 16.3. The first-order valence-corrected chi connectivity index (χ1v) is 15.8. The minimum Gasteiger partial charge on any atom is -0.390 e. The van der Waals surface area contributed by atoms with E-state index in [4.69, 9.17) is 0 Å². The summed E-state index contributed by atoms with van der Waals surface area (Å²) < 4.78 is 0. The number of aliphatic hydroxyl groups is 1. The van der Waals surface area contributed by atoms with Crippen LogP contribution in [-0.4, -0.2) is 48.2 Å². The average Bonchev–Trinajstić information content (AvgIpc) is 3.72. The lowest BCUT2D eigenvalue weighted by Gasteiger charge is -2.29.